The molecular formula is C33H38N6O4. The molecule has 5 rings (SSSR count). The van der Waals surface area contributed by atoms with Crippen LogP contribution in [0.5, 0.6) is 0 Å². The van der Waals surface area contributed by atoms with Crippen LogP contribution in [0.4, 0.5) is 0 Å². The molecular weight excluding hydrogens is 544 g/mol. The number of ether oxygens (including phenoxy) is 1. The van der Waals surface area contributed by atoms with Crippen LogP contribution < -0.4 is 5.56 Å². The van der Waals surface area contributed by atoms with E-state index in [1.54, 1.807) is 7.05 Å². The van der Waals surface area contributed by atoms with E-state index in [0.29, 0.717) is 30.0 Å². The fraction of sp³-hybridized carbons (Fsp3) is 0.424. The van der Waals surface area contributed by atoms with Gasteiger partial charge in [-0.25, -0.2) is 9.58 Å². The zero-order valence-corrected chi connectivity index (χ0v) is 25.2. The summed E-state index contributed by atoms with van der Waals surface area (Å²) in [6, 6.07) is 17.9. The van der Waals surface area contributed by atoms with Crippen molar-refractivity contribution in [1.82, 2.24) is 24.2 Å². The lowest BCUT2D eigenvalue weighted by Crippen LogP contribution is -2.36. The Hall–Kier alpha value is -4.33. The van der Waals surface area contributed by atoms with Gasteiger partial charge in [0.05, 0.1) is 30.5 Å². The van der Waals surface area contributed by atoms with Gasteiger partial charge in [0, 0.05) is 25.1 Å². The van der Waals surface area contributed by atoms with Gasteiger partial charge in [0.25, 0.3) is 11.5 Å². The summed E-state index contributed by atoms with van der Waals surface area (Å²) < 4.78 is 9.58. The molecule has 2 aromatic carbocycles. The molecule has 1 aliphatic rings. The molecule has 0 radical (unpaired) electrons. The number of nitrogens with zero attached hydrogens (tertiary/aromatic N) is 6. The Morgan fingerprint density at radius 1 is 1.12 bits per heavy atom. The molecule has 43 heavy (non-hydrogen) atoms. The number of aromatic nitrogens is 4. The third kappa shape index (κ3) is 6.38. The largest absolute Gasteiger partial charge is 0.368 e. The molecule has 0 bridgehead atoms. The third-order valence-corrected chi connectivity index (χ3v) is 8.25. The molecule has 0 atom stereocenters. The number of carbonyl (C=O) groups is 1. The number of hydrogen-bond donors (Lipinski definition) is 0. The molecule has 224 valence electrons. The highest BCUT2D eigenvalue weighted by Crippen LogP contribution is 2.31. The average molecular weight is 583 g/mol. The highest BCUT2D eigenvalue weighted by atomic mass is 16.7. The van der Waals surface area contributed by atoms with Crippen molar-refractivity contribution in [3.05, 3.63) is 87.1 Å². The summed E-state index contributed by atoms with van der Waals surface area (Å²) in [5, 5.41) is 15.4. The van der Waals surface area contributed by atoms with E-state index in [9.17, 15) is 14.9 Å². The van der Waals surface area contributed by atoms with Gasteiger partial charge < -0.3 is 4.74 Å². The van der Waals surface area contributed by atoms with E-state index in [-0.39, 0.29) is 30.2 Å². The van der Waals surface area contributed by atoms with Crippen LogP contribution in [0.1, 0.15) is 73.3 Å². The second kappa shape index (κ2) is 13.3. The number of aryl methyl sites for hydroxylation is 2. The lowest BCUT2D eigenvalue weighted by atomic mass is 9.92. The number of nitriles is 1. The van der Waals surface area contributed by atoms with E-state index >= 15 is 0 Å². The standard InChI is InChI=1S/C33H38N6O4/c1-5-8-30-29(19-23-11-13-24(14-12-23)28-10-7-6-9-25(28)20-34)32(41)38(33-35-22(2)36-39(30)33)26-15-17-27(18-16-26)43-21-31(40)37(3)42-4/h6-7,9-14,26-27H,5,8,15-19,21H2,1-4H3. The Bertz CT molecular complexity index is 1690. The predicted octanol–water partition coefficient (Wildman–Crippen LogP) is 4.80. The van der Waals surface area contributed by atoms with E-state index in [2.05, 4.69) is 13.0 Å². The fourth-order valence-electron chi connectivity index (χ4n) is 5.92. The van der Waals surface area contributed by atoms with Crippen molar-refractivity contribution >= 4 is 11.7 Å². The molecule has 1 saturated carbocycles. The van der Waals surface area contributed by atoms with Gasteiger partial charge in [-0.2, -0.15) is 15.3 Å². The van der Waals surface area contributed by atoms with E-state index in [4.69, 9.17) is 19.7 Å². The van der Waals surface area contributed by atoms with Gasteiger partial charge in [-0.3, -0.25) is 19.0 Å². The summed E-state index contributed by atoms with van der Waals surface area (Å²) in [6.07, 6.45) is 4.93. The van der Waals surface area contributed by atoms with Crippen LogP contribution in [0.2, 0.25) is 0 Å². The quantitative estimate of drug-likeness (QED) is 0.247. The topological polar surface area (TPSA) is 115 Å². The van der Waals surface area contributed by atoms with Gasteiger partial charge in [0.1, 0.15) is 12.4 Å². The van der Waals surface area contributed by atoms with Crippen molar-refractivity contribution < 1.29 is 14.4 Å². The van der Waals surface area contributed by atoms with E-state index in [1.807, 2.05) is 64.5 Å². The first-order chi connectivity index (χ1) is 20.8. The normalized spacial score (nSPS) is 16.7. The average Bonchev–Trinajstić information content (AvgIpc) is 3.42. The first-order valence-electron chi connectivity index (χ1n) is 14.8. The second-order valence-corrected chi connectivity index (χ2v) is 11.1. The molecule has 0 spiro atoms. The van der Waals surface area contributed by atoms with Crippen LogP contribution in [-0.4, -0.2) is 57.0 Å². The fourth-order valence-corrected chi connectivity index (χ4v) is 5.92. The molecule has 2 heterocycles. The minimum atomic E-state index is -0.236. The molecule has 10 nitrogen and oxygen atoms in total. The minimum absolute atomic E-state index is 0.0245. The zero-order chi connectivity index (χ0) is 30.5. The van der Waals surface area contributed by atoms with E-state index < -0.39 is 0 Å². The van der Waals surface area contributed by atoms with Crippen molar-refractivity contribution in [3.8, 4) is 17.2 Å². The Balaban J connectivity index is 1.44. The van der Waals surface area contributed by atoms with Crippen LogP contribution in [0.25, 0.3) is 16.9 Å². The summed E-state index contributed by atoms with van der Waals surface area (Å²) in [5.41, 5.74) is 5.10. The Morgan fingerprint density at radius 3 is 2.51 bits per heavy atom. The van der Waals surface area contributed by atoms with Gasteiger partial charge in [0.15, 0.2) is 0 Å². The third-order valence-electron chi connectivity index (χ3n) is 8.25. The molecule has 2 aromatic heterocycles. The Labute approximate surface area is 251 Å². The number of hydrogen-bond acceptors (Lipinski definition) is 7. The van der Waals surface area contributed by atoms with E-state index in [0.717, 1.165) is 65.1 Å². The van der Waals surface area contributed by atoms with Crippen molar-refractivity contribution in [2.24, 2.45) is 0 Å². The van der Waals surface area contributed by atoms with Crippen LogP contribution in [0, 0.1) is 18.3 Å². The summed E-state index contributed by atoms with van der Waals surface area (Å²) >= 11 is 0. The molecule has 1 fully saturated rings. The molecule has 10 heteroatoms. The maximum absolute atomic E-state index is 14.3. The van der Waals surface area contributed by atoms with Crippen LogP contribution in [0.3, 0.4) is 0 Å². The number of fused-ring (bicyclic) bond motifs is 1. The van der Waals surface area contributed by atoms with Crippen molar-refractivity contribution in [2.75, 3.05) is 20.8 Å². The highest BCUT2D eigenvalue weighted by molar-refractivity contribution is 5.76. The number of rotatable bonds is 10. The molecule has 0 aliphatic heterocycles. The summed E-state index contributed by atoms with van der Waals surface area (Å²) in [4.78, 5) is 36.0. The van der Waals surface area contributed by atoms with Gasteiger partial charge in [-0.1, -0.05) is 55.8 Å². The van der Waals surface area contributed by atoms with E-state index in [1.165, 1.54) is 7.11 Å². The van der Waals surface area contributed by atoms with Crippen molar-refractivity contribution in [1.29, 1.82) is 5.26 Å². The van der Waals surface area contributed by atoms with Crippen LogP contribution >= 0.6 is 0 Å². The van der Waals surface area contributed by atoms with Gasteiger partial charge in [-0.15, -0.1) is 0 Å². The van der Waals surface area contributed by atoms with Crippen molar-refractivity contribution in [2.45, 2.75) is 70.9 Å². The molecule has 1 aliphatic carbocycles. The number of benzene rings is 2. The maximum atomic E-state index is 14.3. The molecule has 0 saturated heterocycles. The molecule has 4 aromatic rings. The van der Waals surface area contributed by atoms with Crippen LogP contribution in [-0.2, 0) is 27.2 Å². The van der Waals surface area contributed by atoms with Gasteiger partial charge >= 0.3 is 0 Å². The smallest absolute Gasteiger partial charge is 0.271 e. The van der Waals surface area contributed by atoms with Crippen LogP contribution in [0.15, 0.2) is 53.3 Å². The minimum Gasteiger partial charge on any atom is -0.368 e. The monoisotopic (exact) mass is 582 g/mol. The molecule has 1 amide bonds. The highest BCUT2D eigenvalue weighted by Gasteiger charge is 2.29. The molecule has 0 unspecified atom stereocenters. The van der Waals surface area contributed by atoms with Gasteiger partial charge in [-0.05, 0) is 61.8 Å². The zero-order valence-electron chi connectivity index (χ0n) is 25.2. The number of carbonyl (C=O) groups excluding carboxylic acids is 1. The summed E-state index contributed by atoms with van der Waals surface area (Å²) in [5.74, 6) is 0.973. The lowest BCUT2D eigenvalue weighted by molar-refractivity contribution is -0.175. The Morgan fingerprint density at radius 2 is 1.84 bits per heavy atom. The predicted molar refractivity (Wildman–Crippen MR) is 162 cm³/mol. The summed E-state index contributed by atoms with van der Waals surface area (Å²) in [7, 11) is 3.00. The molecule has 0 N–H and O–H groups in total. The summed E-state index contributed by atoms with van der Waals surface area (Å²) in [6.45, 7) is 3.92. The Kier molecular flexibility index (Phi) is 9.34. The first-order valence-corrected chi connectivity index (χ1v) is 14.8. The second-order valence-electron chi connectivity index (χ2n) is 11.1. The lowest BCUT2D eigenvalue weighted by Gasteiger charge is -2.30. The number of likely N-dealkylation sites (N-methyl/N-ethyl adjacent to an activating group) is 1. The first kappa shape index (κ1) is 30.1. The number of hydroxylamine groups is 2. The van der Waals surface area contributed by atoms with Gasteiger partial charge in [0.2, 0.25) is 5.78 Å². The van der Waals surface area contributed by atoms with Crippen molar-refractivity contribution in [3.63, 3.8) is 0 Å². The maximum Gasteiger partial charge on any atom is 0.271 e. The number of amides is 1. The SMILES string of the molecule is CCCc1c(Cc2ccc(-c3ccccc3C#N)cc2)c(=O)n(C2CCC(OCC(=O)N(C)OC)CC2)c2nc(C)nn12.